The quantitative estimate of drug-likeness (QED) is 0.693. The van der Waals surface area contributed by atoms with Crippen molar-refractivity contribution in [2.45, 2.75) is 13.0 Å². The topological polar surface area (TPSA) is 35.2 Å². The van der Waals surface area contributed by atoms with Crippen LogP contribution in [0.4, 0.5) is 0 Å². The zero-order valence-corrected chi connectivity index (χ0v) is 7.87. The Hall–Kier alpha value is -1.46. The van der Waals surface area contributed by atoms with E-state index in [1.165, 1.54) is 0 Å². The number of nitrogens with two attached hydrogens (primary N) is 1. The van der Waals surface area contributed by atoms with Gasteiger partial charge in [-0.05, 0) is 24.1 Å². The van der Waals surface area contributed by atoms with E-state index < -0.39 is 0 Å². The molecule has 0 saturated heterocycles. The average molecular weight is 175 g/mol. The highest BCUT2D eigenvalue weighted by Gasteiger charge is 2.04. The SMILES string of the molecule is C#CC(N)c1ccc(C)c(OC)c1. The number of hydrogen-bond acceptors (Lipinski definition) is 2. The van der Waals surface area contributed by atoms with Gasteiger partial charge in [-0.25, -0.2) is 0 Å². The van der Waals surface area contributed by atoms with Crippen LogP contribution in [0, 0.1) is 19.3 Å². The first-order valence-electron chi connectivity index (χ1n) is 4.05. The summed E-state index contributed by atoms with van der Waals surface area (Å²) in [5.74, 6) is 3.30. The average Bonchev–Trinajstić information content (AvgIpc) is 2.17. The van der Waals surface area contributed by atoms with Crippen LogP contribution in [0.3, 0.4) is 0 Å². The van der Waals surface area contributed by atoms with Crippen LogP contribution in [0.5, 0.6) is 5.75 Å². The third kappa shape index (κ3) is 2.01. The van der Waals surface area contributed by atoms with E-state index >= 15 is 0 Å². The Balaban J connectivity index is 3.08. The van der Waals surface area contributed by atoms with Crippen molar-refractivity contribution in [2.24, 2.45) is 5.73 Å². The van der Waals surface area contributed by atoms with Crippen LogP contribution in [-0.4, -0.2) is 7.11 Å². The van der Waals surface area contributed by atoms with E-state index in [-0.39, 0.29) is 6.04 Å². The molecule has 0 radical (unpaired) electrons. The highest BCUT2D eigenvalue weighted by molar-refractivity contribution is 5.39. The van der Waals surface area contributed by atoms with E-state index in [9.17, 15) is 0 Å². The summed E-state index contributed by atoms with van der Waals surface area (Å²) in [6, 6.07) is 5.39. The Labute approximate surface area is 78.7 Å². The molecule has 2 N–H and O–H groups in total. The predicted octanol–water partition coefficient (Wildman–Crippen LogP) is 1.64. The second-order valence-electron chi connectivity index (χ2n) is 2.87. The molecule has 1 aromatic rings. The van der Waals surface area contributed by atoms with E-state index in [1.54, 1.807) is 7.11 Å². The Morgan fingerprint density at radius 1 is 1.54 bits per heavy atom. The van der Waals surface area contributed by atoms with Crippen LogP contribution in [0.2, 0.25) is 0 Å². The van der Waals surface area contributed by atoms with Crippen molar-refractivity contribution in [3.05, 3.63) is 29.3 Å². The first kappa shape index (κ1) is 9.63. The van der Waals surface area contributed by atoms with E-state index in [1.807, 2.05) is 25.1 Å². The number of aryl methyl sites for hydroxylation is 1. The molecule has 0 bridgehead atoms. The lowest BCUT2D eigenvalue weighted by Crippen LogP contribution is -2.07. The largest absolute Gasteiger partial charge is 0.496 e. The van der Waals surface area contributed by atoms with Gasteiger partial charge in [-0.15, -0.1) is 6.42 Å². The van der Waals surface area contributed by atoms with Gasteiger partial charge in [-0.1, -0.05) is 18.1 Å². The summed E-state index contributed by atoms with van der Waals surface area (Å²) < 4.78 is 5.16. The van der Waals surface area contributed by atoms with Crippen LogP contribution in [0.1, 0.15) is 17.2 Å². The molecule has 0 aliphatic heterocycles. The summed E-state index contributed by atoms with van der Waals surface area (Å²) in [5, 5.41) is 0. The lowest BCUT2D eigenvalue weighted by molar-refractivity contribution is 0.411. The molecule has 0 spiro atoms. The molecular formula is C11H13NO. The van der Waals surface area contributed by atoms with Gasteiger partial charge in [-0.2, -0.15) is 0 Å². The molecule has 1 rings (SSSR count). The summed E-state index contributed by atoms with van der Waals surface area (Å²) in [4.78, 5) is 0. The summed E-state index contributed by atoms with van der Waals surface area (Å²) >= 11 is 0. The molecule has 0 aliphatic rings. The van der Waals surface area contributed by atoms with Crippen LogP contribution in [-0.2, 0) is 0 Å². The predicted molar refractivity (Wildman–Crippen MR) is 53.5 cm³/mol. The molecule has 0 saturated carbocycles. The van der Waals surface area contributed by atoms with E-state index in [4.69, 9.17) is 16.9 Å². The Kier molecular flexibility index (Phi) is 2.94. The van der Waals surface area contributed by atoms with Gasteiger partial charge in [0.2, 0.25) is 0 Å². The molecule has 2 heteroatoms. The number of terminal acetylenes is 1. The molecule has 0 heterocycles. The van der Waals surface area contributed by atoms with Gasteiger partial charge in [0.05, 0.1) is 13.2 Å². The van der Waals surface area contributed by atoms with Gasteiger partial charge >= 0.3 is 0 Å². The molecule has 0 fully saturated rings. The number of hydrogen-bond donors (Lipinski definition) is 1. The molecular weight excluding hydrogens is 162 g/mol. The molecule has 2 nitrogen and oxygen atoms in total. The zero-order valence-electron chi connectivity index (χ0n) is 7.87. The maximum atomic E-state index is 5.68. The fourth-order valence-corrected chi connectivity index (χ4v) is 1.13. The van der Waals surface area contributed by atoms with Gasteiger partial charge < -0.3 is 10.5 Å². The van der Waals surface area contributed by atoms with Crippen molar-refractivity contribution < 1.29 is 4.74 Å². The first-order valence-corrected chi connectivity index (χ1v) is 4.05. The minimum atomic E-state index is -0.352. The summed E-state index contributed by atoms with van der Waals surface area (Å²) in [6.45, 7) is 1.98. The standard InChI is InChI=1S/C11H13NO/c1-4-10(12)9-6-5-8(2)11(7-9)13-3/h1,5-7,10H,12H2,2-3H3. The van der Waals surface area contributed by atoms with E-state index in [2.05, 4.69) is 5.92 Å². The normalized spacial score (nSPS) is 11.8. The lowest BCUT2D eigenvalue weighted by Gasteiger charge is -2.09. The van der Waals surface area contributed by atoms with Crippen molar-refractivity contribution >= 4 is 0 Å². The molecule has 13 heavy (non-hydrogen) atoms. The molecule has 68 valence electrons. The molecule has 0 aliphatic carbocycles. The van der Waals surface area contributed by atoms with Gasteiger partial charge in [-0.3, -0.25) is 0 Å². The maximum absolute atomic E-state index is 5.68. The molecule has 1 aromatic carbocycles. The zero-order chi connectivity index (χ0) is 9.84. The smallest absolute Gasteiger partial charge is 0.122 e. The third-order valence-electron chi connectivity index (χ3n) is 1.97. The lowest BCUT2D eigenvalue weighted by atomic mass is 10.1. The molecule has 1 unspecified atom stereocenters. The van der Waals surface area contributed by atoms with Crippen molar-refractivity contribution in [3.8, 4) is 18.1 Å². The minimum absolute atomic E-state index is 0.352. The maximum Gasteiger partial charge on any atom is 0.122 e. The van der Waals surface area contributed by atoms with Gasteiger partial charge in [0.25, 0.3) is 0 Å². The minimum Gasteiger partial charge on any atom is -0.496 e. The van der Waals surface area contributed by atoms with Crippen LogP contribution in [0.15, 0.2) is 18.2 Å². The van der Waals surface area contributed by atoms with E-state index in [0.717, 1.165) is 16.9 Å². The summed E-state index contributed by atoms with van der Waals surface area (Å²) in [7, 11) is 1.63. The first-order chi connectivity index (χ1) is 6.19. The molecule has 1 atom stereocenters. The van der Waals surface area contributed by atoms with Crippen molar-refractivity contribution in [1.29, 1.82) is 0 Å². The van der Waals surface area contributed by atoms with Crippen LogP contribution < -0.4 is 10.5 Å². The van der Waals surface area contributed by atoms with Crippen molar-refractivity contribution in [1.82, 2.24) is 0 Å². The number of methoxy groups -OCH3 is 1. The Bertz CT molecular complexity index is 338. The summed E-state index contributed by atoms with van der Waals surface area (Å²) in [5.41, 5.74) is 7.66. The second kappa shape index (κ2) is 3.97. The fourth-order valence-electron chi connectivity index (χ4n) is 1.13. The van der Waals surface area contributed by atoms with Gasteiger partial charge in [0.15, 0.2) is 0 Å². The molecule has 0 amide bonds. The van der Waals surface area contributed by atoms with Crippen LogP contribution in [0.25, 0.3) is 0 Å². The highest BCUT2D eigenvalue weighted by Crippen LogP contribution is 2.21. The van der Waals surface area contributed by atoms with E-state index in [0.29, 0.717) is 0 Å². The second-order valence-corrected chi connectivity index (χ2v) is 2.87. The number of ether oxygens (including phenoxy) is 1. The van der Waals surface area contributed by atoms with Crippen LogP contribution >= 0.6 is 0 Å². The summed E-state index contributed by atoms with van der Waals surface area (Å²) in [6.07, 6.45) is 5.22. The van der Waals surface area contributed by atoms with Gasteiger partial charge in [0.1, 0.15) is 5.75 Å². The van der Waals surface area contributed by atoms with Crippen molar-refractivity contribution in [3.63, 3.8) is 0 Å². The number of benzene rings is 1. The monoisotopic (exact) mass is 175 g/mol. The Morgan fingerprint density at radius 3 is 2.77 bits per heavy atom. The van der Waals surface area contributed by atoms with Crippen molar-refractivity contribution in [2.75, 3.05) is 7.11 Å². The molecule has 0 aromatic heterocycles. The third-order valence-corrected chi connectivity index (χ3v) is 1.97. The number of rotatable bonds is 2. The highest BCUT2D eigenvalue weighted by atomic mass is 16.5. The fraction of sp³-hybridized carbons (Fsp3) is 0.273. The Morgan fingerprint density at radius 2 is 2.23 bits per heavy atom. The van der Waals surface area contributed by atoms with Gasteiger partial charge in [0, 0.05) is 0 Å².